The fourth-order valence-corrected chi connectivity index (χ4v) is 3.69. The Hall–Kier alpha value is -3.31. The van der Waals surface area contributed by atoms with Crippen molar-refractivity contribution < 1.29 is 9.15 Å². The number of aromatic nitrogens is 1. The van der Waals surface area contributed by atoms with Gasteiger partial charge in [-0.05, 0) is 48.4 Å². The average Bonchev–Trinajstić information content (AvgIpc) is 3.00. The zero-order valence-corrected chi connectivity index (χ0v) is 16.2. The molecule has 2 aromatic heterocycles. The second kappa shape index (κ2) is 7.97. The number of hydrogen-bond donors (Lipinski definition) is 1. The molecule has 1 fully saturated rings. The van der Waals surface area contributed by atoms with Crippen LogP contribution in [0.1, 0.15) is 12.0 Å². The highest BCUT2D eigenvalue weighted by Gasteiger charge is 2.13. The number of ether oxygens (including phenoxy) is 1. The molecule has 3 heterocycles. The summed E-state index contributed by atoms with van der Waals surface area (Å²) in [4.78, 5) is 7.17. The summed E-state index contributed by atoms with van der Waals surface area (Å²) < 4.78 is 11.2. The van der Waals surface area contributed by atoms with E-state index in [1.165, 1.54) is 5.69 Å². The van der Waals surface area contributed by atoms with Crippen LogP contribution in [0.4, 0.5) is 17.2 Å². The molecule has 1 N–H and O–H groups in total. The van der Waals surface area contributed by atoms with E-state index in [0.717, 1.165) is 66.5 Å². The van der Waals surface area contributed by atoms with Gasteiger partial charge >= 0.3 is 0 Å². The van der Waals surface area contributed by atoms with E-state index >= 15 is 0 Å². The van der Waals surface area contributed by atoms with E-state index < -0.39 is 0 Å². The third kappa shape index (κ3) is 3.82. The minimum absolute atomic E-state index is 0.790. The number of nitrogens with one attached hydrogen (secondary N) is 1. The Morgan fingerprint density at radius 2 is 1.83 bits per heavy atom. The first kappa shape index (κ1) is 17.8. The van der Waals surface area contributed by atoms with Crippen molar-refractivity contribution in [2.75, 3.05) is 36.5 Å². The number of allylic oxidation sites excluding steroid dienone is 6. The lowest BCUT2D eigenvalue weighted by molar-refractivity contribution is 0.122. The Bertz CT molecular complexity index is 1090. The Labute approximate surface area is 170 Å². The van der Waals surface area contributed by atoms with Crippen molar-refractivity contribution in [3.05, 3.63) is 78.6 Å². The van der Waals surface area contributed by atoms with E-state index in [1.54, 1.807) is 6.26 Å². The lowest BCUT2D eigenvalue weighted by Crippen LogP contribution is -2.36. The van der Waals surface area contributed by atoms with Gasteiger partial charge in [-0.25, -0.2) is 4.98 Å². The number of benzene rings is 1. The summed E-state index contributed by atoms with van der Waals surface area (Å²) in [6.07, 6.45) is 13.2. The smallest absolute Gasteiger partial charge is 0.153 e. The Morgan fingerprint density at radius 1 is 0.966 bits per heavy atom. The maximum Gasteiger partial charge on any atom is 0.153 e. The maximum absolute atomic E-state index is 5.73. The SMILES string of the molecule is C1=CCC=C(c2coc3ccc(Nc4ccc(N5CCOCC5)cc4)nc23)C=C1. The number of rotatable bonds is 4. The normalized spacial score (nSPS) is 16.7. The molecular weight excluding hydrogens is 362 g/mol. The number of fused-ring (bicyclic) bond motifs is 1. The first-order chi connectivity index (χ1) is 14.4. The first-order valence-corrected chi connectivity index (χ1v) is 9.99. The molecule has 1 aromatic carbocycles. The van der Waals surface area contributed by atoms with Crippen LogP contribution in [0.15, 0.2) is 77.5 Å². The molecule has 29 heavy (non-hydrogen) atoms. The van der Waals surface area contributed by atoms with Crippen LogP contribution >= 0.6 is 0 Å². The molecule has 5 heteroatoms. The number of morpholine rings is 1. The van der Waals surface area contributed by atoms with E-state index in [9.17, 15) is 0 Å². The molecule has 5 rings (SSSR count). The second-order valence-corrected chi connectivity index (χ2v) is 7.15. The summed E-state index contributed by atoms with van der Waals surface area (Å²) >= 11 is 0. The van der Waals surface area contributed by atoms with Gasteiger partial charge < -0.3 is 19.4 Å². The van der Waals surface area contributed by atoms with Crippen molar-refractivity contribution >= 4 is 33.9 Å². The molecule has 0 amide bonds. The van der Waals surface area contributed by atoms with E-state index in [4.69, 9.17) is 14.1 Å². The van der Waals surface area contributed by atoms with Crippen LogP contribution in [-0.4, -0.2) is 31.3 Å². The predicted molar refractivity (Wildman–Crippen MR) is 118 cm³/mol. The van der Waals surface area contributed by atoms with Gasteiger partial charge in [0.25, 0.3) is 0 Å². The lowest BCUT2D eigenvalue weighted by atomic mass is 10.1. The van der Waals surface area contributed by atoms with Crippen LogP contribution < -0.4 is 10.2 Å². The molecule has 146 valence electrons. The number of nitrogens with zero attached hydrogens (tertiary/aromatic N) is 2. The zero-order chi connectivity index (χ0) is 19.5. The molecule has 1 saturated heterocycles. The quantitative estimate of drug-likeness (QED) is 0.660. The van der Waals surface area contributed by atoms with E-state index in [1.807, 2.05) is 12.1 Å². The molecule has 0 bridgehead atoms. The Kier molecular flexibility index (Phi) is 4.88. The Morgan fingerprint density at radius 3 is 2.69 bits per heavy atom. The van der Waals surface area contributed by atoms with Crippen molar-refractivity contribution in [3.63, 3.8) is 0 Å². The van der Waals surface area contributed by atoms with Crippen LogP contribution in [-0.2, 0) is 4.74 Å². The van der Waals surface area contributed by atoms with Crippen LogP contribution in [0, 0.1) is 0 Å². The van der Waals surface area contributed by atoms with E-state index in [0.29, 0.717) is 0 Å². The zero-order valence-electron chi connectivity index (χ0n) is 16.2. The van der Waals surface area contributed by atoms with Gasteiger partial charge in [0.05, 0.1) is 13.2 Å². The lowest BCUT2D eigenvalue weighted by Gasteiger charge is -2.28. The summed E-state index contributed by atoms with van der Waals surface area (Å²) in [5.41, 5.74) is 6.05. The van der Waals surface area contributed by atoms with Crippen LogP contribution in [0.2, 0.25) is 0 Å². The Balaban J connectivity index is 1.38. The topological polar surface area (TPSA) is 50.5 Å². The first-order valence-electron chi connectivity index (χ1n) is 9.99. The fourth-order valence-electron chi connectivity index (χ4n) is 3.69. The number of furan rings is 1. The molecule has 1 aliphatic heterocycles. The molecule has 0 radical (unpaired) electrons. The highest BCUT2D eigenvalue weighted by atomic mass is 16.5. The van der Waals surface area contributed by atoms with Crippen molar-refractivity contribution in [2.45, 2.75) is 6.42 Å². The van der Waals surface area contributed by atoms with Gasteiger partial charge in [0.15, 0.2) is 5.58 Å². The van der Waals surface area contributed by atoms with Crippen LogP contribution in [0.25, 0.3) is 16.7 Å². The molecular formula is C24H23N3O2. The minimum atomic E-state index is 0.790. The van der Waals surface area contributed by atoms with Crippen molar-refractivity contribution in [1.82, 2.24) is 4.98 Å². The van der Waals surface area contributed by atoms with E-state index in [-0.39, 0.29) is 0 Å². The van der Waals surface area contributed by atoms with Gasteiger partial charge in [0, 0.05) is 30.0 Å². The van der Waals surface area contributed by atoms with Crippen LogP contribution in [0.3, 0.4) is 0 Å². The van der Waals surface area contributed by atoms with Crippen molar-refractivity contribution in [1.29, 1.82) is 0 Å². The molecule has 3 aromatic rings. The third-order valence-electron chi connectivity index (χ3n) is 5.24. The molecule has 5 nitrogen and oxygen atoms in total. The van der Waals surface area contributed by atoms with Crippen molar-refractivity contribution in [3.8, 4) is 0 Å². The predicted octanol–water partition coefficient (Wildman–Crippen LogP) is 5.31. The second-order valence-electron chi connectivity index (χ2n) is 7.15. The minimum Gasteiger partial charge on any atom is -0.462 e. The summed E-state index contributed by atoms with van der Waals surface area (Å²) in [7, 11) is 0. The summed E-state index contributed by atoms with van der Waals surface area (Å²) in [6, 6.07) is 12.4. The molecule has 1 aliphatic carbocycles. The highest BCUT2D eigenvalue weighted by Crippen LogP contribution is 2.30. The average molecular weight is 385 g/mol. The molecule has 0 spiro atoms. The summed E-state index contributed by atoms with van der Waals surface area (Å²) in [6.45, 7) is 3.46. The van der Waals surface area contributed by atoms with Gasteiger partial charge in [-0.2, -0.15) is 0 Å². The van der Waals surface area contributed by atoms with Gasteiger partial charge in [-0.1, -0.05) is 30.4 Å². The summed E-state index contributed by atoms with van der Waals surface area (Å²) in [5, 5.41) is 3.41. The third-order valence-corrected chi connectivity index (χ3v) is 5.24. The van der Waals surface area contributed by atoms with Gasteiger partial charge in [0.2, 0.25) is 0 Å². The molecule has 0 saturated carbocycles. The molecule has 2 aliphatic rings. The monoisotopic (exact) mass is 385 g/mol. The largest absolute Gasteiger partial charge is 0.462 e. The highest BCUT2D eigenvalue weighted by molar-refractivity contribution is 5.92. The standard InChI is InChI=1S/C24H23N3O2/c1-2-4-6-18(5-3-1)21-17-29-22-11-12-23(26-24(21)22)25-19-7-9-20(10-8-19)27-13-15-28-16-14-27/h1-3,5-12,17H,4,13-16H2,(H,25,26). The molecule has 0 atom stereocenters. The van der Waals surface area contributed by atoms with Gasteiger partial charge in [-0.15, -0.1) is 0 Å². The fraction of sp³-hybridized carbons (Fsp3) is 0.208. The van der Waals surface area contributed by atoms with Crippen LogP contribution in [0.5, 0.6) is 0 Å². The number of anilines is 3. The van der Waals surface area contributed by atoms with Gasteiger partial charge in [0.1, 0.15) is 17.6 Å². The molecule has 0 unspecified atom stereocenters. The maximum atomic E-state index is 5.73. The number of pyridine rings is 1. The van der Waals surface area contributed by atoms with Gasteiger partial charge in [-0.3, -0.25) is 0 Å². The van der Waals surface area contributed by atoms with Crippen molar-refractivity contribution in [2.24, 2.45) is 0 Å². The summed E-state index contributed by atoms with van der Waals surface area (Å²) in [5.74, 6) is 0.801. The van der Waals surface area contributed by atoms with E-state index in [2.05, 4.69) is 64.9 Å². The number of hydrogen-bond acceptors (Lipinski definition) is 5.